The van der Waals surface area contributed by atoms with E-state index in [0.717, 1.165) is 12.1 Å². The Morgan fingerprint density at radius 3 is 2.31 bits per heavy atom. The van der Waals surface area contributed by atoms with Crippen molar-refractivity contribution in [1.82, 2.24) is 5.32 Å². The number of alkyl halides is 3. The first-order valence-corrected chi connectivity index (χ1v) is 14.7. The van der Waals surface area contributed by atoms with Crippen LogP contribution in [0.4, 0.5) is 27.6 Å². The first kappa shape index (κ1) is 32.5. The summed E-state index contributed by atoms with van der Waals surface area (Å²) in [5, 5.41) is 5.16. The number of amides is 2. The molecule has 45 heavy (non-hydrogen) atoms. The molecule has 1 aliphatic carbocycles. The molecule has 2 bridgehead atoms. The smallest absolute Gasteiger partial charge is 0.419 e. The van der Waals surface area contributed by atoms with Gasteiger partial charge in [-0.1, -0.05) is 0 Å². The van der Waals surface area contributed by atoms with E-state index in [1.165, 1.54) is 13.2 Å². The second-order valence-electron chi connectivity index (χ2n) is 11.3. The van der Waals surface area contributed by atoms with Gasteiger partial charge in [0.15, 0.2) is 11.6 Å². The summed E-state index contributed by atoms with van der Waals surface area (Å²) in [5.41, 5.74) is -1.85. The number of ether oxygens (including phenoxy) is 4. The number of carbonyl (C=O) groups is 3. The molecule has 2 heterocycles. The van der Waals surface area contributed by atoms with Gasteiger partial charge in [-0.05, 0) is 69.7 Å². The molecule has 0 unspecified atom stereocenters. The van der Waals surface area contributed by atoms with Crippen LogP contribution in [-0.2, 0) is 25.2 Å². The Kier molecular flexibility index (Phi) is 9.52. The van der Waals surface area contributed by atoms with Crippen molar-refractivity contribution in [2.24, 2.45) is 11.8 Å². The van der Waals surface area contributed by atoms with Crippen LogP contribution < -0.4 is 20.1 Å². The van der Waals surface area contributed by atoms with Crippen molar-refractivity contribution in [2.75, 3.05) is 19.0 Å². The number of hydrogen-bond donors (Lipinski definition) is 2. The average molecular weight is 641 g/mol. The molecule has 5 rings (SSSR count). The summed E-state index contributed by atoms with van der Waals surface area (Å²) in [5.74, 6) is -5.41. The predicted molar refractivity (Wildman–Crippen MR) is 149 cm³/mol. The van der Waals surface area contributed by atoms with Gasteiger partial charge in [-0.25, -0.2) is 8.78 Å². The van der Waals surface area contributed by atoms with Crippen LogP contribution >= 0.6 is 0 Å². The minimum Gasteiger partial charge on any atom is -0.496 e. The lowest BCUT2D eigenvalue weighted by Crippen LogP contribution is -2.51. The van der Waals surface area contributed by atoms with Gasteiger partial charge in [0.25, 0.3) is 5.91 Å². The standard InChI is InChI=1S/C31H33F5N2O7/c1-3-43-30(41)15-4-7-17(8-5-15)44-25-13-18(24(42-2)14-21(25)33)28(39)38-27-23-11-10-22(45-23)26(27)29(40)37-16-6-9-20(32)19(12-16)31(34,35)36/h6,9,12-15,17,22-23,26-27H,3-5,7-8,10-11H2,1-2H3,(H,37,40)(H,38,39)/t15?,17?,22-,23+,26+,27-/m1/s1. The molecule has 4 atom stereocenters. The predicted octanol–water partition coefficient (Wildman–Crippen LogP) is 5.41. The zero-order chi connectivity index (χ0) is 32.5. The molecular weight excluding hydrogens is 607 g/mol. The number of esters is 1. The number of nitrogens with one attached hydrogen (secondary N) is 2. The number of carbonyl (C=O) groups excluding carboxylic acids is 3. The van der Waals surface area contributed by atoms with Crippen molar-refractivity contribution >= 4 is 23.5 Å². The summed E-state index contributed by atoms with van der Waals surface area (Å²) < 4.78 is 90.4. The lowest BCUT2D eigenvalue weighted by Gasteiger charge is -2.29. The van der Waals surface area contributed by atoms with E-state index in [1.54, 1.807) is 6.92 Å². The molecule has 3 fully saturated rings. The molecule has 244 valence electrons. The molecule has 0 spiro atoms. The normalized spacial score (nSPS) is 25.8. The third kappa shape index (κ3) is 7.00. The highest BCUT2D eigenvalue weighted by molar-refractivity contribution is 5.99. The second kappa shape index (κ2) is 13.2. The Morgan fingerprint density at radius 1 is 0.933 bits per heavy atom. The molecule has 2 aromatic carbocycles. The van der Waals surface area contributed by atoms with Gasteiger partial charge in [-0.2, -0.15) is 13.2 Å². The van der Waals surface area contributed by atoms with Gasteiger partial charge in [-0.15, -0.1) is 0 Å². The molecule has 2 aliphatic heterocycles. The number of methoxy groups -OCH3 is 1. The summed E-state index contributed by atoms with van der Waals surface area (Å²) in [6.45, 7) is 2.02. The van der Waals surface area contributed by atoms with Crippen LogP contribution in [0.1, 0.15) is 61.4 Å². The average Bonchev–Trinajstić information content (AvgIpc) is 3.61. The van der Waals surface area contributed by atoms with Crippen molar-refractivity contribution in [3.05, 3.63) is 53.1 Å². The fraction of sp³-hybridized carbons (Fsp3) is 0.516. The van der Waals surface area contributed by atoms with Gasteiger partial charge in [0.2, 0.25) is 5.91 Å². The zero-order valence-corrected chi connectivity index (χ0v) is 24.5. The third-order valence-corrected chi connectivity index (χ3v) is 8.50. The van der Waals surface area contributed by atoms with Crippen LogP contribution in [0, 0.1) is 23.5 Å². The van der Waals surface area contributed by atoms with Crippen LogP contribution in [-0.4, -0.2) is 55.9 Å². The van der Waals surface area contributed by atoms with Crippen molar-refractivity contribution in [3.63, 3.8) is 0 Å². The summed E-state index contributed by atoms with van der Waals surface area (Å²) in [4.78, 5) is 38.9. The lowest BCUT2D eigenvalue weighted by atomic mass is 9.83. The van der Waals surface area contributed by atoms with E-state index in [4.69, 9.17) is 18.9 Å². The molecule has 0 aromatic heterocycles. The number of anilines is 1. The maximum absolute atomic E-state index is 15.0. The Bertz CT molecular complexity index is 1440. The molecule has 2 amide bonds. The largest absolute Gasteiger partial charge is 0.496 e. The number of hydrogen-bond acceptors (Lipinski definition) is 7. The quantitative estimate of drug-likeness (QED) is 0.279. The number of halogens is 5. The summed E-state index contributed by atoms with van der Waals surface area (Å²) in [6.07, 6.45) is -3.52. The lowest BCUT2D eigenvalue weighted by molar-refractivity contribution is -0.149. The minimum atomic E-state index is -4.96. The molecule has 9 nitrogen and oxygen atoms in total. The van der Waals surface area contributed by atoms with Crippen LogP contribution in [0.2, 0.25) is 0 Å². The van der Waals surface area contributed by atoms with Crippen molar-refractivity contribution in [3.8, 4) is 11.5 Å². The van der Waals surface area contributed by atoms with Crippen LogP contribution in [0.15, 0.2) is 30.3 Å². The third-order valence-electron chi connectivity index (χ3n) is 8.50. The van der Waals surface area contributed by atoms with E-state index in [2.05, 4.69) is 10.6 Å². The molecule has 14 heteroatoms. The maximum Gasteiger partial charge on any atom is 0.419 e. The SMILES string of the molecule is CCOC(=O)C1CCC(Oc2cc(C(=O)N[C@H]3[C@@H](C(=O)Nc4ccc(F)c(C(F)(F)F)c4)[C@H]4CC[C@@H]3O4)c(OC)cc2F)CC1. The number of rotatable bonds is 9. The van der Waals surface area contributed by atoms with Crippen LogP contribution in [0.5, 0.6) is 11.5 Å². The Balaban J connectivity index is 1.30. The second-order valence-corrected chi connectivity index (χ2v) is 11.3. The molecule has 3 aliphatic rings. The Hall–Kier alpha value is -3.94. The topological polar surface area (TPSA) is 112 Å². The van der Waals surface area contributed by atoms with Crippen LogP contribution in [0.3, 0.4) is 0 Å². The monoisotopic (exact) mass is 640 g/mol. The summed E-state index contributed by atoms with van der Waals surface area (Å²) in [7, 11) is 1.26. The van der Waals surface area contributed by atoms with Gasteiger partial charge in [0.05, 0.1) is 61.0 Å². The van der Waals surface area contributed by atoms with Crippen LogP contribution in [0.25, 0.3) is 0 Å². The highest BCUT2D eigenvalue weighted by Gasteiger charge is 2.53. The first-order valence-electron chi connectivity index (χ1n) is 14.7. The van der Waals surface area contributed by atoms with Gasteiger partial charge in [-0.3, -0.25) is 14.4 Å². The zero-order valence-electron chi connectivity index (χ0n) is 24.5. The molecule has 2 N–H and O–H groups in total. The fourth-order valence-corrected chi connectivity index (χ4v) is 6.30. The molecule has 2 aromatic rings. The van der Waals surface area contributed by atoms with Gasteiger partial charge < -0.3 is 29.6 Å². The highest BCUT2D eigenvalue weighted by Crippen LogP contribution is 2.41. The number of benzene rings is 2. The Morgan fingerprint density at radius 2 is 1.64 bits per heavy atom. The van der Waals surface area contributed by atoms with E-state index in [9.17, 15) is 36.3 Å². The number of fused-ring (bicyclic) bond motifs is 2. The molecular formula is C31H33F5N2O7. The maximum atomic E-state index is 15.0. The Labute approximate surface area is 255 Å². The summed E-state index contributed by atoms with van der Waals surface area (Å²) >= 11 is 0. The highest BCUT2D eigenvalue weighted by atomic mass is 19.4. The fourth-order valence-electron chi connectivity index (χ4n) is 6.30. The van der Waals surface area contributed by atoms with Crippen molar-refractivity contribution in [1.29, 1.82) is 0 Å². The molecule has 0 radical (unpaired) electrons. The van der Waals surface area contributed by atoms with Gasteiger partial charge in [0.1, 0.15) is 11.6 Å². The van der Waals surface area contributed by atoms with E-state index >= 15 is 0 Å². The van der Waals surface area contributed by atoms with E-state index in [0.29, 0.717) is 50.7 Å². The molecule has 2 saturated heterocycles. The van der Waals surface area contributed by atoms with Gasteiger partial charge >= 0.3 is 12.1 Å². The summed E-state index contributed by atoms with van der Waals surface area (Å²) in [6, 6.07) is 3.49. The minimum absolute atomic E-state index is 0.0654. The van der Waals surface area contributed by atoms with E-state index < -0.39 is 65.5 Å². The first-order chi connectivity index (χ1) is 21.4. The van der Waals surface area contributed by atoms with Gasteiger partial charge in [0, 0.05) is 11.8 Å². The van der Waals surface area contributed by atoms with Crippen molar-refractivity contribution < 1.29 is 55.3 Å². The molecule has 1 saturated carbocycles. The van der Waals surface area contributed by atoms with E-state index in [1.807, 2.05) is 0 Å². The van der Waals surface area contributed by atoms with Crippen molar-refractivity contribution in [2.45, 2.75) is 76.0 Å². The van der Waals surface area contributed by atoms with E-state index in [-0.39, 0.29) is 41.2 Å².